The van der Waals surface area contributed by atoms with Gasteiger partial charge in [0.2, 0.25) is 5.95 Å². The van der Waals surface area contributed by atoms with Crippen molar-refractivity contribution in [3.63, 3.8) is 0 Å². The molecule has 35 heavy (non-hydrogen) atoms. The fraction of sp³-hybridized carbons (Fsp3) is 0.240. The van der Waals surface area contributed by atoms with Crippen molar-refractivity contribution >= 4 is 34.1 Å². The molecule has 1 unspecified atom stereocenters. The Morgan fingerprint density at radius 1 is 1.11 bits per heavy atom. The fourth-order valence-corrected chi connectivity index (χ4v) is 4.23. The lowest BCUT2D eigenvalue weighted by atomic mass is 10.1. The third kappa shape index (κ3) is 4.79. The van der Waals surface area contributed by atoms with E-state index in [0.717, 1.165) is 27.8 Å². The Hall–Kier alpha value is -4.02. The molecule has 1 fully saturated rings. The van der Waals surface area contributed by atoms with Gasteiger partial charge in [0, 0.05) is 66.4 Å². The highest BCUT2D eigenvalue weighted by atomic mass is 19.1. The molecule has 0 saturated carbocycles. The van der Waals surface area contributed by atoms with Crippen LogP contribution >= 0.6 is 0 Å². The van der Waals surface area contributed by atoms with Gasteiger partial charge >= 0.3 is 0 Å². The molecule has 2 aromatic heterocycles. The van der Waals surface area contributed by atoms with Gasteiger partial charge in [0.15, 0.2) is 6.10 Å². The van der Waals surface area contributed by atoms with Crippen LogP contribution in [0.3, 0.4) is 0 Å². The minimum absolute atomic E-state index is 0.304. The monoisotopic (exact) mass is 476 g/mol. The average Bonchev–Trinajstić information content (AvgIpc) is 3.31. The summed E-state index contributed by atoms with van der Waals surface area (Å²) in [6, 6.07) is 14.2. The summed E-state index contributed by atoms with van der Waals surface area (Å²) in [4.78, 5) is 27.8. The predicted octanol–water partition coefficient (Wildman–Crippen LogP) is 2.51. The average molecular weight is 477 g/mol. The minimum atomic E-state index is -1.36. The SMILES string of the molecule is O=C(C(O)CO)N1CCN(c2ccc(Nc3nccc(-c4c[nH]c5ccc(F)cc45)n3)cc2)CC1. The van der Waals surface area contributed by atoms with Crippen LogP contribution in [0.4, 0.5) is 21.7 Å². The summed E-state index contributed by atoms with van der Waals surface area (Å²) in [5.74, 6) is -0.316. The first-order valence-corrected chi connectivity index (χ1v) is 11.3. The molecule has 1 saturated heterocycles. The summed E-state index contributed by atoms with van der Waals surface area (Å²) in [7, 11) is 0. The zero-order valence-electron chi connectivity index (χ0n) is 18.9. The van der Waals surface area contributed by atoms with Crippen molar-refractivity contribution in [3.05, 3.63) is 66.7 Å². The van der Waals surface area contributed by atoms with Crippen LogP contribution in [0.15, 0.2) is 60.9 Å². The Labute approximate surface area is 200 Å². The quantitative estimate of drug-likeness (QED) is 0.338. The second-order valence-corrected chi connectivity index (χ2v) is 8.34. The number of benzene rings is 2. The smallest absolute Gasteiger partial charge is 0.253 e. The lowest BCUT2D eigenvalue weighted by Crippen LogP contribution is -2.52. The van der Waals surface area contributed by atoms with Crippen LogP contribution in [-0.2, 0) is 4.79 Å². The summed E-state index contributed by atoms with van der Waals surface area (Å²) in [6.45, 7) is 1.66. The number of aromatic amines is 1. The first-order valence-electron chi connectivity index (χ1n) is 11.3. The molecule has 0 aliphatic carbocycles. The van der Waals surface area contributed by atoms with E-state index in [4.69, 9.17) is 5.11 Å². The molecule has 5 rings (SSSR count). The topological polar surface area (TPSA) is 118 Å². The number of carbonyl (C=O) groups is 1. The van der Waals surface area contributed by atoms with Crippen molar-refractivity contribution in [2.75, 3.05) is 43.0 Å². The summed E-state index contributed by atoms with van der Waals surface area (Å²) in [5, 5.41) is 22.5. The molecule has 3 heterocycles. The molecule has 4 aromatic rings. The van der Waals surface area contributed by atoms with E-state index in [1.54, 1.807) is 23.2 Å². The third-order valence-electron chi connectivity index (χ3n) is 6.11. The van der Waals surface area contributed by atoms with E-state index < -0.39 is 18.6 Å². The molecular weight excluding hydrogens is 451 g/mol. The molecule has 0 bridgehead atoms. The molecule has 10 heteroatoms. The van der Waals surface area contributed by atoms with Crippen LogP contribution in [0.1, 0.15) is 0 Å². The van der Waals surface area contributed by atoms with Crippen LogP contribution in [0.5, 0.6) is 0 Å². The van der Waals surface area contributed by atoms with Crippen molar-refractivity contribution in [1.29, 1.82) is 0 Å². The maximum Gasteiger partial charge on any atom is 0.253 e. The highest BCUT2D eigenvalue weighted by Crippen LogP contribution is 2.29. The number of aliphatic hydroxyl groups excluding tert-OH is 2. The van der Waals surface area contributed by atoms with E-state index >= 15 is 0 Å². The number of H-pyrrole nitrogens is 1. The van der Waals surface area contributed by atoms with E-state index in [-0.39, 0.29) is 5.82 Å². The Balaban J connectivity index is 1.25. The first-order chi connectivity index (χ1) is 17.0. The van der Waals surface area contributed by atoms with Gasteiger partial charge in [-0.1, -0.05) is 0 Å². The highest BCUT2D eigenvalue weighted by molar-refractivity contribution is 5.94. The van der Waals surface area contributed by atoms with Gasteiger partial charge in [-0.25, -0.2) is 14.4 Å². The number of aromatic nitrogens is 3. The lowest BCUT2D eigenvalue weighted by Gasteiger charge is -2.36. The number of carbonyl (C=O) groups excluding carboxylic acids is 1. The number of halogens is 1. The number of hydrogen-bond donors (Lipinski definition) is 4. The van der Waals surface area contributed by atoms with Crippen molar-refractivity contribution in [3.8, 4) is 11.3 Å². The zero-order valence-corrected chi connectivity index (χ0v) is 18.9. The molecule has 180 valence electrons. The number of anilines is 3. The van der Waals surface area contributed by atoms with Gasteiger partial charge < -0.3 is 30.3 Å². The molecule has 1 aliphatic rings. The lowest BCUT2D eigenvalue weighted by molar-refractivity contribution is -0.142. The fourth-order valence-electron chi connectivity index (χ4n) is 4.23. The maximum absolute atomic E-state index is 13.7. The van der Waals surface area contributed by atoms with Gasteiger partial charge in [0.05, 0.1) is 12.3 Å². The zero-order chi connectivity index (χ0) is 24.4. The van der Waals surface area contributed by atoms with Gasteiger partial charge in [0.1, 0.15) is 5.82 Å². The van der Waals surface area contributed by atoms with E-state index in [2.05, 4.69) is 25.2 Å². The van der Waals surface area contributed by atoms with Gasteiger partial charge in [-0.3, -0.25) is 4.79 Å². The summed E-state index contributed by atoms with van der Waals surface area (Å²) in [6.07, 6.45) is 2.11. The molecule has 0 radical (unpaired) electrons. The van der Waals surface area contributed by atoms with Gasteiger partial charge in [-0.15, -0.1) is 0 Å². The van der Waals surface area contributed by atoms with Crippen molar-refractivity contribution in [1.82, 2.24) is 19.9 Å². The van der Waals surface area contributed by atoms with E-state index in [1.165, 1.54) is 12.1 Å². The number of amides is 1. The maximum atomic E-state index is 13.7. The predicted molar refractivity (Wildman–Crippen MR) is 131 cm³/mol. The molecule has 1 amide bonds. The highest BCUT2D eigenvalue weighted by Gasteiger charge is 2.25. The third-order valence-corrected chi connectivity index (χ3v) is 6.11. The summed E-state index contributed by atoms with van der Waals surface area (Å²) >= 11 is 0. The van der Waals surface area contributed by atoms with Crippen LogP contribution in [-0.4, -0.2) is 74.9 Å². The van der Waals surface area contributed by atoms with E-state index in [9.17, 15) is 14.3 Å². The molecule has 2 aromatic carbocycles. The van der Waals surface area contributed by atoms with Crippen molar-refractivity contribution < 1.29 is 19.4 Å². The van der Waals surface area contributed by atoms with Gasteiger partial charge in [-0.2, -0.15) is 0 Å². The van der Waals surface area contributed by atoms with Crippen molar-refractivity contribution in [2.24, 2.45) is 0 Å². The van der Waals surface area contributed by atoms with Crippen LogP contribution < -0.4 is 10.2 Å². The summed E-state index contributed by atoms with van der Waals surface area (Å²) in [5.41, 5.74) is 4.13. The number of aliphatic hydroxyl groups is 2. The van der Waals surface area contributed by atoms with Crippen LogP contribution in [0, 0.1) is 5.82 Å². The number of fused-ring (bicyclic) bond motifs is 1. The van der Waals surface area contributed by atoms with Crippen LogP contribution in [0.25, 0.3) is 22.2 Å². The largest absolute Gasteiger partial charge is 0.393 e. The number of rotatable bonds is 6. The molecule has 1 aliphatic heterocycles. The molecule has 9 nitrogen and oxygen atoms in total. The second kappa shape index (κ2) is 9.69. The van der Waals surface area contributed by atoms with Gasteiger partial charge in [-0.05, 0) is 48.5 Å². The second-order valence-electron chi connectivity index (χ2n) is 8.34. The van der Waals surface area contributed by atoms with Crippen molar-refractivity contribution in [2.45, 2.75) is 6.10 Å². The molecule has 4 N–H and O–H groups in total. The van der Waals surface area contributed by atoms with Gasteiger partial charge in [0.25, 0.3) is 5.91 Å². The Morgan fingerprint density at radius 2 is 1.89 bits per heavy atom. The number of hydrogen-bond acceptors (Lipinski definition) is 7. The first kappa shape index (κ1) is 22.8. The number of piperazine rings is 1. The molecular formula is C25H25FN6O3. The Bertz CT molecular complexity index is 1330. The van der Waals surface area contributed by atoms with Crippen LogP contribution in [0.2, 0.25) is 0 Å². The standard InChI is InChI=1S/C25H25FN6O3/c26-16-1-6-21-19(13-16)20(14-28-21)22-7-8-27-25(30-22)29-17-2-4-18(5-3-17)31-9-11-32(12-10-31)24(35)23(34)15-33/h1-8,13-14,23,28,33-34H,9-12,15H2,(H,27,29,30). The normalized spacial score (nSPS) is 14.8. The molecule has 1 atom stereocenters. The minimum Gasteiger partial charge on any atom is -0.393 e. The van der Waals surface area contributed by atoms with E-state index in [0.29, 0.717) is 37.8 Å². The molecule has 0 spiro atoms. The number of nitrogens with one attached hydrogen (secondary N) is 2. The number of nitrogens with zero attached hydrogens (tertiary/aromatic N) is 4. The Morgan fingerprint density at radius 3 is 2.63 bits per heavy atom. The van der Waals surface area contributed by atoms with E-state index in [1.807, 2.05) is 30.5 Å². The summed E-state index contributed by atoms with van der Waals surface area (Å²) < 4.78 is 13.7. The Kier molecular flexibility index (Phi) is 6.30.